The number of amides is 1. The van der Waals surface area contributed by atoms with E-state index < -0.39 is 0 Å². The van der Waals surface area contributed by atoms with E-state index in [4.69, 9.17) is 17.3 Å². The molecule has 1 aliphatic carbocycles. The number of carbonyl (C=O) groups is 1. The summed E-state index contributed by atoms with van der Waals surface area (Å²) in [6, 6.07) is 4.92. The van der Waals surface area contributed by atoms with E-state index in [1.165, 1.54) is 0 Å². The summed E-state index contributed by atoms with van der Waals surface area (Å²) in [7, 11) is 0. The van der Waals surface area contributed by atoms with E-state index >= 15 is 0 Å². The maximum atomic E-state index is 11.8. The normalized spacial score (nSPS) is 17.2. The Balaban J connectivity index is 2.21. The second kappa shape index (κ2) is 3.42. The van der Waals surface area contributed by atoms with Crippen LogP contribution in [-0.4, -0.2) is 11.4 Å². The number of rotatable bonds is 2. The fraction of sp³-hybridized carbons (Fsp3) is 0.364. The van der Waals surface area contributed by atoms with Gasteiger partial charge in [-0.1, -0.05) is 11.6 Å². The lowest BCUT2D eigenvalue weighted by atomic mass is 10.1. The number of hydrogen-bond donors (Lipinski definition) is 2. The van der Waals surface area contributed by atoms with Gasteiger partial charge < -0.3 is 11.1 Å². The number of nitrogen functional groups attached to an aromatic ring is 1. The van der Waals surface area contributed by atoms with Crippen molar-refractivity contribution >= 4 is 23.2 Å². The summed E-state index contributed by atoms with van der Waals surface area (Å²) in [6.45, 7) is 2.02. The smallest absolute Gasteiger partial charge is 0.253 e. The van der Waals surface area contributed by atoms with Crippen LogP contribution in [0.1, 0.15) is 30.1 Å². The van der Waals surface area contributed by atoms with Crippen molar-refractivity contribution in [3.63, 3.8) is 0 Å². The van der Waals surface area contributed by atoms with Gasteiger partial charge in [-0.05, 0) is 38.0 Å². The monoisotopic (exact) mass is 224 g/mol. The van der Waals surface area contributed by atoms with Crippen molar-refractivity contribution in [1.82, 2.24) is 5.32 Å². The first-order valence-electron chi connectivity index (χ1n) is 4.88. The molecular weight excluding hydrogens is 212 g/mol. The zero-order valence-corrected chi connectivity index (χ0v) is 9.27. The molecule has 1 saturated carbocycles. The van der Waals surface area contributed by atoms with E-state index in [9.17, 15) is 4.79 Å². The van der Waals surface area contributed by atoms with Gasteiger partial charge in [0.1, 0.15) is 0 Å². The lowest BCUT2D eigenvalue weighted by molar-refractivity contribution is 0.0935. The third kappa shape index (κ3) is 2.23. The molecule has 3 N–H and O–H groups in total. The van der Waals surface area contributed by atoms with Crippen LogP contribution in [0.15, 0.2) is 18.2 Å². The molecule has 1 amide bonds. The second-order valence-corrected chi connectivity index (χ2v) is 4.66. The Morgan fingerprint density at radius 2 is 2.20 bits per heavy atom. The number of halogens is 1. The maximum absolute atomic E-state index is 11.8. The van der Waals surface area contributed by atoms with Gasteiger partial charge >= 0.3 is 0 Å². The van der Waals surface area contributed by atoms with E-state index in [-0.39, 0.29) is 11.4 Å². The predicted octanol–water partition coefficient (Wildman–Crippen LogP) is 2.20. The molecule has 0 spiro atoms. The number of carbonyl (C=O) groups excluding carboxylic acids is 1. The molecule has 15 heavy (non-hydrogen) atoms. The van der Waals surface area contributed by atoms with Crippen LogP contribution in [0.25, 0.3) is 0 Å². The zero-order chi connectivity index (χ0) is 11.1. The lowest BCUT2D eigenvalue weighted by Gasteiger charge is -2.12. The number of hydrogen-bond acceptors (Lipinski definition) is 2. The number of anilines is 1. The van der Waals surface area contributed by atoms with Gasteiger partial charge in [-0.3, -0.25) is 4.79 Å². The van der Waals surface area contributed by atoms with Crippen molar-refractivity contribution in [2.45, 2.75) is 25.3 Å². The fourth-order valence-electron chi connectivity index (χ4n) is 1.37. The first kappa shape index (κ1) is 10.3. The summed E-state index contributed by atoms with van der Waals surface area (Å²) < 4.78 is 0. The van der Waals surface area contributed by atoms with Crippen LogP contribution in [0.5, 0.6) is 0 Å². The number of benzene rings is 1. The van der Waals surface area contributed by atoms with E-state index in [1.54, 1.807) is 18.2 Å². The maximum Gasteiger partial charge on any atom is 0.253 e. The van der Waals surface area contributed by atoms with E-state index in [1.807, 2.05) is 6.92 Å². The molecule has 1 aromatic carbocycles. The highest BCUT2D eigenvalue weighted by molar-refractivity contribution is 6.34. The SMILES string of the molecule is CC1(NC(=O)c2cc(N)ccc2Cl)CC1. The summed E-state index contributed by atoms with van der Waals surface area (Å²) in [4.78, 5) is 11.8. The van der Waals surface area contributed by atoms with Crippen LogP contribution in [0.3, 0.4) is 0 Å². The molecule has 0 unspecified atom stereocenters. The molecule has 0 aliphatic heterocycles. The Morgan fingerprint density at radius 1 is 1.53 bits per heavy atom. The molecule has 4 heteroatoms. The molecule has 2 rings (SSSR count). The Labute approximate surface area is 93.6 Å². The van der Waals surface area contributed by atoms with E-state index in [2.05, 4.69) is 5.32 Å². The highest BCUT2D eigenvalue weighted by atomic mass is 35.5. The Hall–Kier alpha value is -1.22. The summed E-state index contributed by atoms with van der Waals surface area (Å²) in [5.74, 6) is -0.146. The predicted molar refractivity (Wildman–Crippen MR) is 61.0 cm³/mol. The van der Waals surface area contributed by atoms with Gasteiger partial charge in [-0.25, -0.2) is 0 Å². The van der Waals surface area contributed by atoms with Gasteiger partial charge in [0.15, 0.2) is 0 Å². The van der Waals surface area contributed by atoms with Crippen molar-refractivity contribution in [1.29, 1.82) is 0 Å². The van der Waals surface area contributed by atoms with Crippen LogP contribution in [0.4, 0.5) is 5.69 Å². The molecule has 0 atom stereocenters. The van der Waals surface area contributed by atoms with Crippen LogP contribution in [-0.2, 0) is 0 Å². The molecule has 0 heterocycles. The van der Waals surface area contributed by atoms with Crippen molar-refractivity contribution in [3.8, 4) is 0 Å². The topological polar surface area (TPSA) is 55.1 Å². The summed E-state index contributed by atoms with van der Waals surface area (Å²) in [5, 5.41) is 3.37. The van der Waals surface area contributed by atoms with E-state index in [0.29, 0.717) is 16.3 Å². The Kier molecular flexibility index (Phi) is 2.35. The molecule has 0 radical (unpaired) electrons. The van der Waals surface area contributed by atoms with Crippen molar-refractivity contribution < 1.29 is 4.79 Å². The third-order valence-corrected chi connectivity index (χ3v) is 2.98. The molecular formula is C11H13ClN2O. The van der Waals surface area contributed by atoms with Crippen LogP contribution in [0.2, 0.25) is 5.02 Å². The summed E-state index contributed by atoms with van der Waals surface area (Å²) in [5.41, 5.74) is 6.56. The largest absolute Gasteiger partial charge is 0.399 e. The summed E-state index contributed by atoms with van der Waals surface area (Å²) in [6.07, 6.45) is 2.05. The molecule has 0 aromatic heterocycles. The van der Waals surface area contributed by atoms with Crippen LogP contribution in [0, 0.1) is 0 Å². The van der Waals surface area contributed by atoms with Gasteiger partial charge in [-0.2, -0.15) is 0 Å². The zero-order valence-electron chi connectivity index (χ0n) is 8.51. The third-order valence-electron chi connectivity index (χ3n) is 2.65. The quantitative estimate of drug-likeness (QED) is 0.757. The van der Waals surface area contributed by atoms with Gasteiger partial charge in [0, 0.05) is 11.2 Å². The highest BCUT2D eigenvalue weighted by Gasteiger charge is 2.39. The molecule has 80 valence electrons. The van der Waals surface area contributed by atoms with Gasteiger partial charge in [0.25, 0.3) is 5.91 Å². The molecule has 0 saturated heterocycles. The minimum Gasteiger partial charge on any atom is -0.399 e. The molecule has 1 aliphatic rings. The van der Waals surface area contributed by atoms with Crippen LogP contribution < -0.4 is 11.1 Å². The summed E-state index contributed by atoms with van der Waals surface area (Å²) >= 11 is 5.92. The van der Waals surface area contributed by atoms with Gasteiger partial charge in [0.05, 0.1) is 10.6 Å². The second-order valence-electron chi connectivity index (χ2n) is 4.25. The first-order chi connectivity index (χ1) is 7.00. The lowest BCUT2D eigenvalue weighted by Crippen LogP contribution is -2.34. The van der Waals surface area contributed by atoms with Gasteiger partial charge in [-0.15, -0.1) is 0 Å². The highest BCUT2D eigenvalue weighted by Crippen LogP contribution is 2.35. The minimum atomic E-state index is -0.146. The molecule has 1 aromatic rings. The fourth-order valence-corrected chi connectivity index (χ4v) is 1.57. The average molecular weight is 225 g/mol. The average Bonchev–Trinajstić information content (AvgIpc) is 2.87. The number of nitrogens with one attached hydrogen (secondary N) is 1. The molecule has 0 bridgehead atoms. The Bertz CT molecular complexity index is 413. The molecule has 3 nitrogen and oxygen atoms in total. The standard InChI is InChI=1S/C11H13ClN2O/c1-11(4-5-11)14-10(15)8-6-7(13)2-3-9(8)12/h2-3,6H,4-5,13H2,1H3,(H,14,15). The first-order valence-corrected chi connectivity index (χ1v) is 5.25. The van der Waals surface area contributed by atoms with E-state index in [0.717, 1.165) is 12.8 Å². The van der Waals surface area contributed by atoms with Crippen LogP contribution >= 0.6 is 11.6 Å². The minimum absolute atomic E-state index is 0.0367. The van der Waals surface area contributed by atoms with Crippen molar-refractivity contribution in [2.75, 3.05) is 5.73 Å². The number of nitrogens with two attached hydrogens (primary N) is 1. The molecule has 1 fully saturated rings. The van der Waals surface area contributed by atoms with Gasteiger partial charge in [0.2, 0.25) is 0 Å². The van der Waals surface area contributed by atoms with Crippen molar-refractivity contribution in [2.24, 2.45) is 0 Å². The Morgan fingerprint density at radius 3 is 2.80 bits per heavy atom. The van der Waals surface area contributed by atoms with Crippen molar-refractivity contribution in [3.05, 3.63) is 28.8 Å².